The van der Waals surface area contributed by atoms with Gasteiger partial charge in [-0.05, 0) is 43.7 Å². The molecule has 0 heterocycles. The molecule has 0 bridgehead atoms. The van der Waals surface area contributed by atoms with Crippen molar-refractivity contribution in [2.45, 2.75) is 26.8 Å². The van der Waals surface area contributed by atoms with Crippen LogP contribution < -0.4 is 16.4 Å². The summed E-state index contributed by atoms with van der Waals surface area (Å²) >= 11 is 0. The Bertz CT molecular complexity index is 733. The summed E-state index contributed by atoms with van der Waals surface area (Å²) in [5.41, 5.74) is 8.55. The van der Waals surface area contributed by atoms with Gasteiger partial charge in [0.1, 0.15) is 0 Å². The van der Waals surface area contributed by atoms with Crippen LogP contribution in [0.2, 0.25) is 0 Å². The normalized spacial score (nSPS) is 12.5. The summed E-state index contributed by atoms with van der Waals surface area (Å²) in [5, 5.41) is 5.71. The zero-order valence-electron chi connectivity index (χ0n) is 14.6. The lowest BCUT2D eigenvalue weighted by Gasteiger charge is -2.17. The fourth-order valence-electron chi connectivity index (χ4n) is 2.11. The summed E-state index contributed by atoms with van der Waals surface area (Å²) in [7, 11) is 0. The molecule has 5 nitrogen and oxygen atoms in total. The zero-order valence-corrected chi connectivity index (χ0v) is 15.4. The second-order valence-corrected chi connectivity index (χ2v) is 5.99. The number of hydrogen-bond acceptors (Lipinski definition) is 3. The molecular formula is C19H24ClN3O2. The Hall–Kier alpha value is -2.37. The van der Waals surface area contributed by atoms with Crippen LogP contribution in [-0.2, 0) is 4.79 Å². The molecule has 0 aliphatic rings. The van der Waals surface area contributed by atoms with Crippen LogP contribution in [0, 0.1) is 12.8 Å². The van der Waals surface area contributed by atoms with E-state index in [2.05, 4.69) is 10.6 Å². The molecule has 2 aromatic rings. The number of halogens is 1. The summed E-state index contributed by atoms with van der Waals surface area (Å²) in [4.78, 5) is 24.4. The van der Waals surface area contributed by atoms with Crippen LogP contribution in [0.5, 0.6) is 0 Å². The first kappa shape index (κ1) is 20.7. The first-order valence-corrected chi connectivity index (χ1v) is 7.92. The maximum absolute atomic E-state index is 12.2. The van der Waals surface area contributed by atoms with Crippen molar-refractivity contribution in [2.75, 3.05) is 10.6 Å². The topological polar surface area (TPSA) is 84.2 Å². The van der Waals surface area contributed by atoms with Crippen LogP contribution in [0.25, 0.3) is 0 Å². The molecule has 25 heavy (non-hydrogen) atoms. The lowest BCUT2D eigenvalue weighted by molar-refractivity contribution is -0.119. The summed E-state index contributed by atoms with van der Waals surface area (Å²) in [6.45, 7) is 5.49. The van der Waals surface area contributed by atoms with Gasteiger partial charge in [0.25, 0.3) is 5.91 Å². The van der Waals surface area contributed by atoms with Crippen molar-refractivity contribution in [1.29, 1.82) is 0 Å². The number of nitrogens with one attached hydrogen (secondary N) is 2. The molecule has 6 heteroatoms. The lowest BCUT2D eigenvalue weighted by Crippen LogP contribution is -2.34. The molecule has 0 radical (unpaired) electrons. The van der Waals surface area contributed by atoms with Crippen molar-refractivity contribution in [2.24, 2.45) is 11.7 Å². The molecule has 2 aromatic carbocycles. The smallest absolute Gasteiger partial charge is 0.255 e. The SMILES string of the molecule is Cc1ccc(NC(=O)c2ccccc2)cc1NC(=O)C(C)C(C)N.Cl. The number of carbonyl (C=O) groups is 2. The molecule has 0 aliphatic heterocycles. The van der Waals surface area contributed by atoms with Crippen LogP contribution in [0.1, 0.15) is 29.8 Å². The van der Waals surface area contributed by atoms with Gasteiger partial charge in [0.05, 0.1) is 5.92 Å². The van der Waals surface area contributed by atoms with Gasteiger partial charge in [-0.15, -0.1) is 12.4 Å². The van der Waals surface area contributed by atoms with Gasteiger partial charge in [0.2, 0.25) is 5.91 Å². The van der Waals surface area contributed by atoms with E-state index in [0.717, 1.165) is 5.56 Å². The molecular weight excluding hydrogens is 338 g/mol. The van der Waals surface area contributed by atoms with E-state index in [4.69, 9.17) is 5.73 Å². The fraction of sp³-hybridized carbons (Fsp3) is 0.263. The average Bonchev–Trinajstić information content (AvgIpc) is 2.57. The van der Waals surface area contributed by atoms with Crippen molar-refractivity contribution in [3.05, 3.63) is 59.7 Å². The van der Waals surface area contributed by atoms with Gasteiger partial charge in [0, 0.05) is 23.0 Å². The highest BCUT2D eigenvalue weighted by Gasteiger charge is 2.18. The molecule has 2 unspecified atom stereocenters. The Morgan fingerprint density at radius 1 is 1.00 bits per heavy atom. The molecule has 2 rings (SSSR count). The predicted molar refractivity (Wildman–Crippen MR) is 104 cm³/mol. The summed E-state index contributed by atoms with van der Waals surface area (Å²) in [6, 6.07) is 14.2. The molecule has 0 fully saturated rings. The molecule has 0 saturated heterocycles. The number of hydrogen-bond donors (Lipinski definition) is 3. The maximum atomic E-state index is 12.2. The number of carbonyl (C=O) groups excluding carboxylic acids is 2. The van der Waals surface area contributed by atoms with Crippen molar-refractivity contribution in [3.63, 3.8) is 0 Å². The summed E-state index contributed by atoms with van der Waals surface area (Å²) in [6.07, 6.45) is 0. The summed E-state index contributed by atoms with van der Waals surface area (Å²) < 4.78 is 0. The monoisotopic (exact) mass is 361 g/mol. The van der Waals surface area contributed by atoms with Gasteiger partial charge < -0.3 is 16.4 Å². The highest BCUT2D eigenvalue weighted by atomic mass is 35.5. The van der Waals surface area contributed by atoms with Crippen LogP contribution in [0.4, 0.5) is 11.4 Å². The third kappa shape index (κ3) is 5.59. The van der Waals surface area contributed by atoms with E-state index >= 15 is 0 Å². The number of nitrogens with two attached hydrogens (primary N) is 1. The van der Waals surface area contributed by atoms with Crippen LogP contribution >= 0.6 is 12.4 Å². The van der Waals surface area contributed by atoms with Gasteiger partial charge in [-0.3, -0.25) is 9.59 Å². The third-order valence-corrected chi connectivity index (χ3v) is 3.99. The van der Waals surface area contributed by atoms with Crippen LogP contribution in [0.3, 0.4) is 0 Å². The van der Waals surface area contributed by atoms with E-state index < -0.39 is 0 Å². The zero-order chi connectivity index (χ0) is 17.7. The molecule has 134 valence electrons. The molecule has 0 aromatic heterocycles. The fourth-order valence-corrected chi connectivity index (χ4v) is 2.11. The van der Waals surface area contributed by atoms with Crippen LogP contribution in [-0.4, -0.2) is 17.9 Å². The quantitative estimate of drug-likeness (QED) is 0.760. The Balaban J connectivity index is 0.00000312. The Labute approximate surface area is 154 Å². The largest absolute Gasteiger partial charge is 0.327 e. The third-order valence-electron chi connectivity index (χ3n) is 3.99. The van der Waals surface area contributed by atoms with Crippen molar-refractivity contribution in [1.82, 2.24) is 0 Å². The van der Waals surface area contributed by atoms with E-state index in [9.17, 15) is 9.59 Å². The number of rotatable bonds is 5. The Morgan fingerprint density at radius 2 is 1.64 bits per heavy atom. The molecule has 0 spiro atoms. The standard InChI is InChI=1S/C19H23N3O2.ClH/c1-12-9-10-16(21-19(24)15-7-5-4-6-8-15)11-17(12)22-18(23)13(2)14(3)20;/h4-11,13-14H,20H2,1-3H3,(H,21,24)(H,22,23);1H. The van der Waals surface area contributed by atoms with E-state index in [1.165, 1.54) is 0 Å². The molecule has 2 amide bonds. The van der Waals surface area contributed by atoms with E-state index in [1.54, 1.807) is 38.1 Å². The number of benzene rings is 2. The van der Waals surface area contributed by atoms with Gasteiger partial charge in [-0.2, -0.15) is 0 Å². The number of anilines is 2. The van der Waals surface area contributed by atoms with E-state index in [1.807, 2.05) is 31.2 Å². The first-order chi connectivity index (χ1) is 11.4. The van der Waals surface area contributed by atoms with Crippen molar-refractivity contribution >= 4 is 35.6 Å². The Kier molecular flexibility index (Phi) is 7.61. The average molecular weight is 362 g/mol. The second kappa shape index (κ2) is 9.20. The van der Waals surface area contributed by atoms with Crippen molar-refractivity contribution in [3.8, 4) is 0 Å². The number of aryl methyl sites for hydroxylation is 1. The molecule has 0 aliphatic carbocycles. The predicted octanol–water partition coefficient (Wildman–Crippen LogP) is 3.59. The minimum absolute atomic E-state index is 0. The van der Waals surface area contributed by atoms with E-state index in [-0.39, 0.29) is 36.2 Å². The minimum atomic E-state index is -0.299. The van der Waals surface area contributed by atoms with Gasteiger partial charge in [-0.25, -0.2) is 0 Å². The summed E-state index contributed by atoms with van der Waals surface area (Å²) in [5.74, 6) is -0.632. The van der Waals surface area contributed by atoms with Gasteiger partial charge >= 0.3 is 0 Å². The molecule has 0 saturated carbocycles. The van der Waals surface area contributed by atoms with Crippen LogP contribution in [0.15, 0.2) is 48.5 Å². The second-order valence-electron chi connectivity index (χ2n) is 5.99. The van der Waals surface area contributed by atoms with Gasteiger partial charge in [-0.1, -0.05) is 31.2 Å². The first-order valence-electron chi connectivity index (χ1n) is 7.92. The minimum Gasteiger partial charge on any atom is -0.327 e. The van der Waals surface area contributed by atoms with Crippen molar-refractivity contribution < 1.29 is 9.59 Å². The maximum Gasteiger partial charge on any atom is 0.255 e. The van der Waals surface area contributed by atoms with E-state index in [0.29, 0.717) is 16.9 Å². The van der Waals surface area contributed by atoms with Gasteiger partial charge in [0.15, 0.2) is 0 Å². The highest BCUT2D eigenvalue weighted by molar-refractivity contribution is 6.04. The lowest BCUT2D eigenvalue weighted by atomic mass is 10.0. The molecule has 4 N–H and O–H groups in total. The highest BCUT2D eigenvalue weighted by Crippen LogP contribution is 2.22. The number of amides is 2. The Morgan fingerprint density at radius 3 is 2.24 bits per heavy atom. The molecule has 2 atom stereocenters.